The van der Waals surface area contributed by atoms with Crippen molar-refractivity contribution in [3.63, 3.8) is 0 Å². The van der Waals surface area contributed by atoms with Crippen molar-refractivity contribution in [3.05, 3.63) is 56.8 Å². The quantitative estimate of drug-likeness (QED) is 0.776. The lowest BCUT2D eigenvalue weighted by Crippen LogP contribution is -2.23. The number of hydrogen-bond donors (Lipinski definition) is 2. The normalized spacial score (nSPS) is 15.9. The van der Waals surface area contributed by atoms with Crippen molar-refractivity contribution < 1.29 is 14.6 Å². The van der Waals surface area contributed by atoms with Crippen LogP contribution in [0.25, 0.3) is 5.57 Å². The van der Waals surface area contributed by atoms with Gasteiger partial charge in [-0.15, -0.1) is 23.7 Å². The predicted octanol–water partition coefficient (Wildman–Crippen LogP) is 4.65. The second-order valence-electron chi connectivity index (χ2n) is 6.87. The molecule has 144 valence electrons. The molecule has 1 saturated heterocycles. The van der Waals surface area contributed by atoms with Crippen LogP contribution in [0, 0.1) is 0 Å². The van der Waals surface area contributed by atoms with E-state index in [1.807, 2.05) is 0 Å². The molecule has 0 atom stereocenters. The lowest BCUT2D eigenvalue weighted by atomic mass is 9.90. The number of carboxylic acids is 1. The average molecular weight is 406 g/mol. The zero-order valence-corrected chi connectivity index (χ0v) is 16.8. The van der Waals surface area contributed by atoms with Gasteiger partial charge in [0, 0.05) is 28.0 Å². The monoisotopic (exact) mass is 405 g/mol. The number of piperidine rings is 1. The molecule has 27 heavy (non-hydrogen) atoms. The van der Waals surface area contributed by atoms with Crippen LogP contribution in [0.4, 0.5) is 0 Å². The highest BCUT2D eigenvalue weighted by Gasteiger charge is 2.24. The highest BCUT2D eigenvalue weighted by Crippen LogP contribution is 2.43. The minimum atomic E-state index is -0.733. The number of aliphatic carboxylic acids is 1. The molecule has 2 N–H and O–H groups in total. The van der Waals surface area contributed by atoms with E-state index in [0.717, 1.165) is 38.1 Å². The van der Waals surface area contributed by atoms with E-state index in [-0.39, 0.29) is 18.8 Å². The van der Waals surface area contributed by atoms with E-state index in [2.05, 4.69) is 35.0 Å². The van der Waals surface area contributed by atoms with Gasteiger partial charge in [-0.3, -0.25) is 4.79 Å². The lowest BCUT2D eigenvalue weighted by Gasteiger charge is -2.21. The highest BCUT2D eigenvalue weighted by molar-refractivity contribution is 7.11. The van der Waals surface area contributed by atoms with Crippen LogP contribution in [0.1, 0.15) is 47.3 Å². The van der Waals surface area contributed by atoms with E-state index < -0.39 is 5.97 Å². The molecular weight excluding hydrogens is 382 g/mol. The minimum absolute atomic E-state index is 0. The molecule has 0 amide bonds. The van der Waals surface area contributed by atoms with E-state index in [1.54, 1.807) is 11.3 Å². The van der Waals surface area contributed by atoms with E-state index in [1.165, 1.54) is 32.7 Å². The lowest BCUT2D eigenvalue weighted by molar-refractivity contribution is -0.137. The smallest absolute Gasteiger partial charge is 0.303 e. The first-order valence-electron chi connectivity index (χ1n) is 9.20. The van der Waals surface area contributed by atoms with Crippen LogP contribution in [0.5, 0.6) is 5.75 Å². The topological polar surface area (TPSA) is 58.6 Å². The fourth-order valence-electron chi connectivity index (χ4n) is 3.77. The van der Waals surface area contributed by atoms with Gasteiger partial charge in [0.1, 0.15) is 12.4 Å². The van der Waals surface area contributed by atoms with Crippen molar-refractivity contribution in [2.75, 3.05) is 13.1 Å². The summed E-state index contributed by atoms with van der Waals surface area (Å²) in [5.74, 6) is 0.209. The van der Waals surface area contributed by atoms with Gasteiger partial charge in [0.2, 0.25) is 0 Å². The summed E-state index contributed by atoms with van der Waals surface area (Å²) >= 11 is 1.80. The van der Waals surface area contributed by atoms with Gasteiger partial charge in [0.15, 0.2) is 0 Å². The summed E-state index contributed by atoms with van der Waals surface area (Å²) in [6.45, 7) is 2.65. The molecule has 2 aromatic rings. The Hall–Kier alpha value is -1.82. The molecule has 0 aliphatic carbocycles. The molecule has 0 saturated carbocycles. The molecule has 1 fully saturated rings. The molecule has 1 aromatic carbocycles. The third kappa shape index (κ3) is 4.37. The fraction of sp³-hybridized carbons (Fsp3) is 0.381. The molecule has 0 spiro atoms. The number of fused-ring (bicyclic) bond motifs is 2. The second kappa shape index (κ2) is 8.91. The Morgan fingerprint density at radius 1 is 1.22 bits per heavy atom. The summed E-state index contributed by atoms with van der Waals surface area (Å²) < 4.78 is 6.11. The van der Waals surface area contributed by atoms with Gasteiger partial charge in [0.25, 0.3) is 0 Å². The molecule has 4 rings (SSSR count). The van der Waals surface area contributed by atoms with Crippen molar-refractivity contribution >= 4 is 35.3 Å². The molecule has 3 heterocycles. The van der Waals surface area contributed by atoms with Gasteiger partial charge in [-0.1, -0.05) is 11.6 Å². The number of benzene rings is 1. The largest absolute Gasteiger partial charge is 0.488 e. The number of ether oxygens (including phenoxy) is 1. The average Bonchev–Trinajstić information content (AvgIpc) is 3.04. The number of nitrogens with one attached hydrogen (secondary N) is 1. The number of aryl methyl sites for hydroxylation is 1. The SMILES string of the molecule is Cl.O=C(O)CCCc1ccc2c(c1)C(=C1CCNCC1)c1sccc1CO2. The Bertz CT molecular complexity index is 851. The van der Waals surface area contributed by atoms with Crippen molar-refractivity contribution in [2.45, 2.75) is 38.7 Å². The predicted molar refractivity (Wildman–Crippen MR) is 111 cm³/mol. The van der Waals surface area contributed by atoms with E-state index in [0.29, 0.717) is 13.0 Å². The summed E-state index contributed by atoms with van der Waals surface area (Å²) in [7, 11) is 0. The first-order valence-corrected chi connectivity index (χ1v) is 10.1. The molecule has 0 radical (unpaired) electrons. The molecule has 1 aromatic heterocycles. The molecule has 4 nitrogen and oxygen atoms in total. The minimum Gasteiger partial charge on any atom is -0.488 e. The Morgan fingerprint density at radius 3 is 2.81 bits per heavy atom. The summed E-state index contributed by atoms with van der Waals surface area (Å²) in [5, 5.41) is 14.5. The standard InChI is InChI=1S/C21H23NO3S.ClH/c23-19(24)3-1-2-14-4-5-18-17(12-14)20(15-6-9-22-10-7-15)21-16(13-25-18)8-11-26-21;/h4-5,8,11-12,22H,1-3,6-7,9-10,13H2,(H,23,24);1H. The van der Waals surface area contributed by atoms with Crippen LogP contribution in [-0.2, 0) is 17.8 Å². The van der Waals surface area contributed by atoms with Crippen LogP contribution in [0.3, 0.4) is 0 Å². The Balaban J connectivity index is 0.00000210. The first kappa shape index (κ1) is 19.9. The summed E-state index contributed by atoms with van der Waals surface area (Å²) in [5.41, 5.74) is 6.47. The van der Waals surface area contributed by atoms with Crippen LogP contribution in [-0.4, -0.2) is 24.2 Å². The maximum atomic E-state index is 10.8. The van der Waals surface area contributed by atoms with Gasteiger partial charge in [-0.2, -0.15) is 0 Å². The van der Waals surface area contributed by atoms with E-state index >= 15 is 0 Å². The Labute approximate surface area is 169 Å². The molecule has 0 unspecified atom stereocenters. The second-order valence-corrected chi connectivity index (χ2v) is 7.79. The highest BCUT2D eigenvalue weighted by atomic mass is 35.5. The van der Waals surface area contributed by atoms with Gasteiger partial charge in [-0.25, -0.2) is 0 Å². The zero-order valence-electron chi connectivity index (χ0n) is 15.1. The Kier molecular flexibility index (Phi) is 6.58. The van der Waals surface area contributed by atoms with E-state index in [4.69, 9.17) is 9.84 Å². The summed E-state index contributed by atoms with van der Waals surface area (Å²) in [6, 6.07) is 8.52. The van der Waals surface area contributed by atoms with Crippen molar-refractivity contribution in [2.24, 2.45) is 0 Å². The maximum Gasteiger partial charge on any atom is 0.303 e. The van der Waals surface area contributed by atoms with Crippen molar-refractivity contribution in [1.82, 2.24) is 5.32 Å². The van der Waals surface area contributed by atoms with Crippen LogP contribution in [0.15, 0.2) is 35.2 Å². The number of carboxylic acid groups (broad SMARTS) is 1. The van der Waals surface area contributed by atoms with Crippen molar-refractivity contribution in [3.8, 4) is 5.75 Å². The molecule has 2 aliphatic heterocycles. The molecule has 6 heteroatoms. The van der Waals surface area contributed by atoms with Crippen LogP contribution >= 0.6 is 23.7 Å². The van der Waals surface area contributed by atoms with Gasteiger partial charge >= 0.3 is 5.97 Å². The summed E-state index contributed by atoms with van der Waals surface area (Å²) in [6.07, 6.45) is 3.78. The van der Waals surface area contributed by atoms with E-state index in [9.17, 15) is 4.79 Å². The Morgan fingerprint density at radius 2 is 2.04 bits per heavy atom. The third-order valence-corrected chi connectivity index (χ3v) is 6.06. The zero-order chi connectivity index (χ0) is 17.9. The van der Waals surface area contributed by atoms with Crippen molar-refractivity contribution in [1.29, 1.82) is 0 Å². The van der Waals surface area contributed by atoms with Gasteiger partial charge < -0.3 is 15.2 Å². The number of halogens is 1. The summed E-state index contributed by atoms with van der Waals surface area (Å²) in [4.78, 5) is 12.1. The number of hydrogen-bond acceptors (Lipinski definition) is 4. The van der Waals surface area contributed by atoms with Gasteiger partial charge in [-0.05, 0) is 67.9 Å². The van der Waals surface area contributed by atoms with Crippen LogP contribution in [0.2, 0.25) is 0 Å². The fourth-order valence-corrected chi connectivity index (χ4v) is 4.79. The number of rotatable bonds is 4. The first-order chi connectivity index (χ1) is 12.7. The third-order valence-electron chi connectivity index (χ3n) is 5.09. The molecule has 2 aliphatic rings. The van der Waals surface area contributed by atoms with Gasteiger partial charge in [0.05, 0.1) is 0 Å². The number of carbonyl (C=O) groups is 1. The molecular formula is C21H24ClNO3S. The van der Waals surface area contributed by atoms with Crippen LogP contribution < -0.4 is 10.1 Å². The maximum absolute atomic E-state index is 10.8. The molecule has 0 bridgehead atoms. The number of thiophene rings is 1.